The number of hydrogen-bond acceptors (Lipinski definition) is 17. The van der Waals surface area contributed by atoms with E-state index in [9.17, 15) is 62.3 Å². The fraction of sp³-hybridized carbons (Fsp3) is 0.587. The van der Waals surface area contributed by atoms with Crippen LogP contribution in [0.15, 0.2) is 65.7 Å². The number of benzene rings is 2. The first kappa shape index (κ1) is 78.5. The molecule has 2 aromatic carbocycles. The molecule has 2 aliphatic rings. The van der Waals surface area contributed by atoms with Gasteiger partial charge in [0, 0.05) is 45.3 Å². The molecule has 2 aromatic rings. The summed E-state index contributed by atoms with van der Waals surface area (Å²) in [6.07, 6.45) is 3.12. The molecule has 10 atom stereocenters. The highest BCUT2D eigenvalue weighted by Gasteiger charge is 2.42. The molecule has 2 heterocycles. The minimum Gasteiger partial charge on any atom is -0.370 e. The van der Waals surface area contributed by atoms with Gasteiger partial charge in [-0.3, -0.25) is 67.3 Å². The van der Waals surface area contributed by atoms with Crippen LogP contribution in [-0.4, -0.2) is 198 Å². The van der Waals surface area contributed by atoms with Crippen molar-refractivity contribution in [1.29, 1.82) is 0 Å². The van der Waals surface area contributed by atoms with Gasteiger partial charge in [0.25, 0.3) is 0 Å². The summed E-state index contributed by atoms with van der Waals surface area (Å²) in [6, 6.07) is 4.51. The Morgan fingerprint density at radius 1 is 0.537 bits per heavy atom. The molecule has 0 aromatic heterocycles. The Morgan fingerprint density at radius 2 is 1.01 bits per heavy atom. The normalized spacial score (nSPS) is 16.8. The molecule has 524 valence electrons. The Morgan fingerprint density at radius 3 is 1.51 bits per heavy atom. The van der Waals surface area contributed by atoms with Crippen molar-refractivity contribution in [3.8, 4) is 0 Å². The van der Waals surface area contributed by atoms with E-state index >= 15 is 0 Å². The Labute approximate surface area is 558 Å². The number of hydrogen-bond donors (Lipinski definition) is 15. The third-order valence-corrected chi connectivity index (χ3v) is 16.7. The molecule has 2 aliphatic heterocycles. The molecule has 0 unspecified atom stereocenters. The van der Waals surface area contributed by atoms with E-state index in [0.29, 0.717) is 55.4 Å². The van der Waals surface area contributed by atoms with Gasteiger partial charge < -0.3 is 92.5 Å². The van der Waals surface area contributed by atoms with Crippen LogP contribution in [0.5, 0.6) is 0 Å². The van der Waals surface area contributed by atoms with Crippen LogP contribution in [-0.2, 0) is 75.2 Å². The fourth-order valence-corrected chi connectivity index (χ4v) is 11.5. The van der Waals surface area contributed by atoms with Crippen LogP contribution in [0, 0.1) is 5.92 Å². The number of thioether (sulfide) groups is 1. The summed E-state index contributed by atoms with van der Waals surface area (Å²) in [4.78, 5) is 185. The van der Waals surface area contributed by atoms with Gasteiger partial charge in [0.15, 0.2) is 5.96 Å². The second-order valence-corrected chi connectivity index (χ2v) is 25.1. The summed E-state index contributed by atoms with van der Waals surface area (Å²) < 4.78 is 0. The van der Waals surface area contributed by atoms with Gasteiger partial charge in [-0.1, -0.05) is 74.5 Å². The zero-order chi connectivity index (χ0) is 70.1. The third-order valence-electron chi connectivity index (χ3n) is 16.0. The number of carbonyl (C=O) groups is 13. The average Bonchev–Trinajstić information content (AvgIpc) is 1.74. The number of amides is 13. The topological polar surface area (TPSA) is 519 Å². The van der Waals surface area contributed by atoms with Crippen molar-refractivity contribution >= 4 is 94.5 Å². The van der Waals surface area contributed by atoms with Crippen molar-refractivity contribution in [2.75, 3.05) is 44.7 Å². The number of carbonyl (C=O) groups excluding carboxylic acids is 13. The lowest BCUT2D eigenvalue weighted by Crippen LogP contribution is -2.60. The van der Waals surface area contributed by atoms with Gasteiger partial charge in [-0.05, 0) is 119 Å². The summed E-state index contributed by atoms with van der Waals surface area (Å²) in [7, 11) is 0. The predicted octanol–water partition coefficient (Wildman–Crippen LogP) is -3.71. The van der Waals surface area contributed by atoms with Crippen molar-refractivity contribution in [3.05, 3.63) is 71.8 Å². The molecule has 2 fully saturated rings. The molecule has 0 spiro atoms. The van der Waals surface area contributed by atoms with Gasteiger partial charge in [0.1, 0.15) is 54.4 Å². The number of unbranched alkanes of at least 4 members (excludes halogenated alkanes) is 1. The second-order valence-electron chi connectivity index (χ2n) is 24.1. The lowest BCUT2D eigenvalue weighted by atomic mass is 10.0. The van der Waals surface area contributed by atoms with Crippen LogP contribution in [0.1, 0.15) is 121 Å². The molecule has 95 heavy (non-hydrogen) atoms. The molecule has 31 nitrogen and oxygen atoms in total. The molecular formula is C63H98N18O13S. The quantitative estimate of drug-likeness (QED) is 0.0173. The molecule has 22 N–H and O–H groups in total. The minimum atomic E-state index is -1.64. The predicted molar refractivity (Wildman–Crippen MR) is 356 cm³/mol. The fourth-order valence-electron chi connectivity index (χ4n) is 11.0. The molecule has 2 saturated heterocycles. The van der Waals surface area contributed by atoms with Gasteiger partial charge in [-0.25, -0.2) is 0 Å². The summed E-state index contributed by atoms with van der Waals surface area (Å²) in [5.41, 5.74) is 40.6. The second kappa shape index (κ2) is 41.0. The van der Waals surface area contributed by atoms with Gasteiger partial charge in [-0.2, -0.15) is 11.8 Å². The maximum absolute atomic E-state index is 14.7. The van der Waals surface area contributed by atoms with Gasteiger partial charge in [0.2, 0.25) is 76.8 Å². The number of primary amides is 3. The zero-order valence-electron chi connectivity index (χ0n) is 54.5. The molecule has 13 amide bonds. The van der Waals surface area contributed by atoms with Crippen LogP contribution >= 0.6 is 11.8 Å². The largest absolute Gasteiger partial charge is 0.370 e. The molecule has 0 radical (unpaired) electrons. The number of rotatable bonds is 42. The highest BCUT2D eigenvalue weighted by Crippen LogP contribution is 2.24. The van der Waals surface area contributed by atoms with E-state index in [1.165, 1.54) is 21.6 Å². The standard InChI is InChI=1S/C63H98N18O13S/c1-37(2)33-45(57(89)74-41(53(68)85)27-32-95-3)73-52(84)36-72-54(86)46(34-38-15-6-4-7-16-38)78-58(90)47(35-39-17-8-5-9-18-39)79-56(88)42(23-25-50(66)82)75-55(87)43(24-26-51(67)83)76-59(91)49-22-14-31-81(49)62(94)44(20-10-11-28-64)77-60(92)48-21-13-30-80(48)61(93)40(65)19-12-29-71-63(69)70/h4-9,15-18,37,40-49H,10-14,19-36,64-65H2,1-3H3,(H2,66,82)(H2,67,83)(H2,68,85)(H,72,86)(H,73,84)(H,74,89)(H,75,87)(H,76,91)(H,77,92)(H,78,90)(H,79,88)(H4,69,70,71)/t40-,41-,42-,43-,44-,45+,46-,47-,48-,49+/m0/s1. The van der Waals surface area contributed by atoms with Crippen molar-refractivity contribution in [2.24, 2.45) is 51.0 Å². The first-order valence-electron chi connectivity index (χ1n) is 32.2. The highest BCUT2D eigenvalue weighted by molar-refractivity contribution is 7.98. The van der Waals surface area contributed by atoms with E-state index < -0.39 is 169 Å². The average molecular weight is 1350 g/mol. The molecule has 32 heteroatoms. The van der Waals surface area contributed by atoms with Crippen LogP contribution in [0.3, 0.4) is 0 Å². The van der Waals surface area contributed by atoms with Gasteiger partial charge in [0.05, 0.1) is 12.6 Å². The third kappa shape index (κ3) is 27.5. The summed E-state index contributed by atoms with van der Waals surface area (Å²) in [6.45, 7) is 3.86. The van der Waals surface area contributed by atoms with Crippen LogP contribution in [0.2, 0.25) is 0 Å². The SMILES string of the molecule is CSCC[C@H](NC(=O)[C@@H](CC(C)C)NC(=O)CNC(=O)[C@H](Cc1ccccc1)NC(=O)[C@H](Cc1ccccc1)NC(=O)[C@H](CCC(N)=O)NC(=O)[C@H](CCC(N)=O)NC(=O)[C@H]1CCCN1C(=O)[C@H](CCCCN)NC(=O)[C@@H]1CCCN1C(=O)[C@@H](N)CCCN=C(N)N)C(N)=O. The van der Waals surface area contributed by atoms with Crippen molar-refractivity contribution in [2.45, 2.75) is 183 Å². The zero-order valence-corrected chi connectivity index (χ0v) is 55.3. The Balaban J connectivity index is 1.56. The first-order chi connectivity index (χ1) is 45.2. The van der Waals surface area contributed by atoms with Crippen molar-refractivity contribution in [1.82, 2.24) is 52.3 Å². The van der Waals surface area contributed by atoms with Crippen molar-refractivity contribution < 1.29 is 62.3 Å². The number of guanidine groups is 1. The molecule has 0 aliphatic carbocycles. The maximum atomic E-state index is 14.7. The Hall–Kier alpha value is -8.91. The number of likely N-dealkylation sites (tertiary alicyclic amines) is 2. The van der Waals surface area contributed by atoms with Gasteiger partial charge in [-0.15, -0.1) is 0 Å². The lowest BCUT2D eigenvalue weighted by Gasteiger charge is -2.32. The Bertz CT molecular complexity index is 2960. The van der Waals surface area contributed by atoms with Crippen LogP contribution in [0.4, 0.5) is 0 Å². The number of aliphatic imine (C=N–C) groups is 1. The lowest BCUT2D eigenvalue weighted by molar-refractivity contribution is -0.144. The summed E-state index contributed by atoms with van der Waals surface area (Å²) >= 11 is 1.45. The monoisotopic (exact) mass is 1350 g/mol. The minimum absolute atomic E-state index is 0.0736. The molecule has 4 rings (SSSR count). The van der Waals surface area contributed by atoms with E-state index in [1.807, 2.05) is 20.1 Å². The smallest absolute Gasteiger partial charge is 0.245 e. The van der Waals surface area contributed by atoms with Crippen molar-refractivity contribution in [3.63, 3.8) is 0 Å². The van der Waals surface area contributed by atoms with E-state index in [4.69, 9.17) is 40.1 Å². The van der Waals surface area contributed by atoms with E-state index in [-0.39, 0.29) is 83.0 Å². The first-order valence-corrected chi connectivity index (χ1v) is 33.6. The van der Waals surface area contributed by atoms with E-state index in [1.54, 1.807) is 60.7 Å². The maximum Gasteiger partial charge on any atom is 0.245 e. The molecule has 0 bridgehead atoms. The van der Waals surface area contributed by atoms with Gasteiger partial charge >= 0.3 is 0 Å². The van der Waals surface area contributed by atoms with Crippen LogP contribution in [0.25, 0.3) is 0 Å². The van der Waals surface area contributed by atoms with Crippen LogP contribution < -0.4 is 82.7 Å². The molecular weight excluding hydrogens is 1250 g/mol. The number of nitrogens with zero attached hydrogens (tertiary/aromatic N) is 3. The number of nitrogens with one attached hydrogen (secondary N) is 8. The molecule has 0 saturated carbocycles. The summed E-state index contributed by atoms with van der Waals surface area (Å²) in [5.74, 6) is -9.80. The summed E-state index contributed by atoms with van der Waals surface area (Å²) in [5, 5.41) is 21.1. The number of nitrogens with two attached hydrogens (primary N) is 7. The Kier molecular flexibility index (Phi) is 33.9. The highest BCUT2D eigenvalue weighted by atomic mass is 32.2. The van der Waals surface area contributed by atoms with E-state index in [2.05, 4.69) is 47.5 Å². The van der Waals surface area contributed by atoms with E-state index in [0.717, 1.165) is 0 Å².